The van der Waals surface area contributed by atoms with Crippen molar-refractivity contribution in [1.29, 1.82) is 0 Å². The summed E-state index contributed by atoms with van der Waals surface area (Å²) in [6.07, 6.45) is 11.2. The molecule has 0 amide bonds. The van der Waals surface area contributed by atoms with Crippen molar-refractivity contribution in [1.82, 2.24) is 15.3 Å². The number of nitrogens with one attached hydrogen (secondary N) is 1. The van der Waals surface area contributed by atoms with E-state index in [1.807, 2.05) is 30.5 Å². The van der Waals surface area contributed by atoms with E-state index in [0.717, 1.165) is 34.8 Å². The van der Waals surface area contributed by atoms with E-state index in [-0.39, 0.29) is 0 Å². The van der Waals surface area contributed by atoms with Crippen LogP contribution in [-0.4, -0.2) is 29.1 Å². The molecule has 0 radical (unpaired) electrons. The van der Waals surface area contributed by atoms with Crippen LogP contribution in [0.5, 0.6) is 0 Å². The fraction of sp³-hybridized carbons (Fsp3) is 0.500. The van der Waals surface area contributed by atoms with Crippen LogP contribution in [0.4, 0.5) is 0 Å². The third kappa shape index (κ3) is 5.00. The maximum absolute atomic E-state index is 5.97. The Morgan fingerprint density at radius 1 is 1.16 bits per heavy atom. The molecule has 1 saturated carbocycles. The second-order valence-corrected chi connectivity index (χ2v) is 6.99. The fourth-order valence-electron chi connectivity index (χ4n) is 3.51. The molecule has 0 aliphatic heterocycles. The predicted octanol–water partition coefficient (Wildman–Crippen LogP) is 2.82. The number of nitrogens with two attached hydrogens (primary N) is 2. The van der Waals surface area contributed by atoms with Crippen LogP contribution in [-0.2, 0) is 0 Å². The van der Waals surface area contributed by atoms with E-state index >= 15 is 0 Å². The molecule has 1 fully saturated rings. The highest BCUT2D eigenvalue weighted by atomic mass is 14.9. The molecule has 1 heterocycles. The number of para-hydroxylation sites is 2. The molecule has 1 aromatic carbocycles. The van der Waals surface area contributed by atoms with Crippen molar-refractivity contribution in [3.05, 3.63) is 42.4 Å². The molecule has 1 aliphatic rings. The summed E-state index contributed by atoms with van der Waals surface area (Å²) < 4.78 is 0. The second kappa shape index (κ2) is 8.92. The maximum Gasteiger partial charge on any atom is 0.0894 e. The van der Waals surface area contributed by atoms with Gasteiger partial charge in [0.05, 0.1) is 22.9 Å². The molecule has 1 aliphatic carbocycles. The van der Waals surface area contributed by atoms with Gasteiger partial charge in [0, 0.05) is 30.9 Å². The van der Waals surface area contributed by atoms with Crippen molar-refractivity contribution in [2.24, 2.45) is 17.4 Å². The van der Waals surface area contributed by atoms with Gasteiger partial charge in [0.1, 0.15) is 0 Å². The zero-order valence-electron chi connectivity index (χ0n) is 14.8. The van der Waals surface area contributed by atoms with E-state index in [2.05, 4.69) is 15.3 Å². The Hall–Kier alpha value is -1.98. The van der Waals surface area contributed by atoms with Crippen LogP contribution in [0.2, 0.25) is 0 Å². The van der Waals surface area contributed by atoms with Gasteiger partial charge in [-0.05, 0) is 56.6 Å². The average Bonchev–Trinajstić information content (AvgIpc) is 2.66. The molecule has 0 saturated heterocycles. The van der Waals surface area contributed by atoms with Crippen LogP contribution >= 0.6 is 0 Å². The fourth-order valence-corrected chi connectivity index (χ4v) is 3.51. The van der Waals surface area contributed by atoms with Gasteiger partial charge in [0.2, 0.25) is 0 Å². The summed E-state index contributed by atoms with van der Waals surface area (Å²) in [4.78, 5) is 9.13. The van der Waals surface area contributed by atoms with Gasteiger partial charge >= 0.3 is 0 Å². The molecule has 134 valence electrons. The minimum atomic E-state index is 0.437. The molecule has 5 N–H and O–H groups in total. The van der Waals surface area contributed by atoms with Crippen molar-refractivity contribution in [3.63, 3.8) is 0 Å². The zero-order chi connectivity index (χ0) is 17.5. The first-order valence-electron chi connectivity index (χ1n) is 9.36. The number of fused-ring (bicyclic) bond motifs is 1. The Balaban J connectivity index is 1.50. The molecule has 0 atom stereocenters. The standard InChI is InChI=1S/C20H29N5/c21-12-16(20-14-24-18-5-1-2-6-19(18)25-20)13-23-11-3-4-15-7-9-17(22)10-8-15/h1-2,5-6,13-15,17,23H,3-4,7-12,21-22H2/b16-13+. The lowest BCUT2D eigenvalue weighted by Gasteiger charge is -2.25. The summed E-state index contributed by atoms with van der Waals surface area (Å²) in [5.41, 5.74) is 15.5. The van der Waals surface area contributed by atoms with Crippen molar-refractivity contribution < 1.29 is 0 Å². The highest BCUT2D eigenvalue weighted by Crippen LogP contribution is 2.26. The molecule has 0 spiro atoms. The minimum absolute atomic E-state index is 0.437. The topological polar surface area (TPSA) is 89.8 Å². The molecule has 3 rings (SSSR count). The molecule has 1 aromatic heterocycles. The Labute approximate surface area is 149 Å². The highest BCUT2D eigenvalue weighted by molar-refractivity contribution is 5.76. The summed E-state index contributed by atoms with van der Waals surface area (Å²) in [5.74, 6) is 0.853. The van der Waals surface area contributed by atoms with Crippen molar-refractivity contribution in [3.8, 4) is 0 Å². The van der Waals surface area contributed by atoms with E-state index in [4.69, 9.17) is 11.5 Å². The van der Waals surface area contributed by atoms with Crippen molar-refractivity contribution >= 4 is 16.6 Å². The van der Waals surface area contributed by atoms with E-state index in [1.165, 1.54) is 38.5 Å². The monoisotopic (exact) mass is 339 g/mol. The lowest BCUT2D eigenvalue weighted by atomic mass is 9.84. The van der Waals surface area contributed by atoms with Gasteiger partial charge in [-0.2, -0.15) is 0 Å². The summed E-state index contributed by atoms with van der Waals surface area (Å²) in [5, 5.41) is 3.40. The maximum atomic E-state index is 5.97. The SMILES string of the molecule is NC/C(=C\NCCCC1CCC(N)CC1)c1cnc2ccccc2n1. The molecule has 2 aromatic rings. The Morgan fingerprint density at radius 2 is 1.92 bits per heavy atom. The molecule has 5 heteroatoms. The number of hydrogen-bond acceptors (Lipinski definition) is 5. The summed E-state index contributed by atoms with van der Waals surface area (Å²) in [6.45, 7) is 1.41. The number of aromatic nitrogens is 2. The van der Waals surface area contributed by atoms with E-state index in [9.17, 15) is 0 Å². The zero-order valence-corrected chi connectivity index (χ0v) is 14.8. The summed E-state index contributed by atoms with van der Waals surface area (Å²) in [6, 6.07) is 8.33. The third-order valence-corrected chi connectivity index (χ3v) is 5.10. The molecule has 25 heavy (non-hydrogen) atoms. The first-order valence-corrected chi connectivity index (χ1v) is 9.36. The highest BCUT2D eigenvalue weighted by Gasteiger charge is 2.17. The van der Waals surface area contributed by atoms with Gasteiger partial charge in [-0.3, -0.25) is 4.98 Å². The van der Waals surface area contributed by atoms with E-state index in [0.29, 0.717) is 12.6 Å². The summed E-state index contributed by atoms with van der Waals surface area (Å²) in [7, 11) is 0. The molecule has 0 unspecified atom stereocenters. The predicted molar refractivity (Wildman–Crippen MR) is 104 cm³/mol. The summed E-state index contributed by atoms with van der Waals surface area (Å²) >= 11 is 0. The quantitative estimate of drug-likeness (QED) is 0.675. The first-order chi connectivity index (χ1) is 12.3. The molecular weight excluding hydrogens is 310 g/mol. The number of nitrogens with zero attached hydrogens (tertiary/aromatic N) is 2. The van der Waals surface area contributed by atoms with Crippen LogP contribution in [0.1, 0.15) is 44.2 Å². The lowest BCUT2D eigenvalue weighted by Crippen LogP contribution is -2.26. The average molecular weight is 339 g/mol. The Bertz CT molecular complexity index is 704. The Morgan fingerprint density at radius 3 is 2.68 bits per heavy atom. The van der Waals surface area contributed by atoms with Crippen LogP contribution in [0.15, 0.2) is 36.7 Å². The van der Waals surface area contributed by atoms with Gasteiger partial charge in [-0.15, -0.1) is 0 Å². The van der Waals surface area contributed by atoms with Crippen molar-refractivity contribution in [2.45, 2.75) is 44.6 Å². The van der Waals surface area contributed by atoms with E-state index < -0.39 is 0 Å². The lowest BCUT2D eigenvalue weighted by molar-refractivity contribution is 0.305. The van der Waals surface area contributed by atoms with Crippen LogP contribution in [0.25, 0.3) is 16.6 Å². The van der Waals surface area contributed by atoms with Gasteiger partial charge in [-0.1, -0.05) is 12.1 Å². The molecule has 0 bridgehead atoms. The van der Waals surface area contributed by atoms with Gasteiger partial charge in [0.15, 0.2) is 0 Å². The van der Waals surface area contributed by atoms with Gasteiger partial charge in [0.25, 0.3) is 0 Å². The van der Waals surface area contributed by atoms with Crippen molar-refractivity contribution in [2.75, 3.05) is 13.1 Å². The number of benzene rings is 1. The third-order valence-electron chi connectivity index (χ3n) is 5.10. The molecular formula is C20H29N5. The van der Waals surface area contributed by atoms with Crippen LogP contribution in [0, 0.1) is 5.92 Å². The van der Waals surface area contributed by atoms with Gasteiger partial charge < -0.3 is 16.8 Å². The largest absolute Gasteiger partial charge is 0.391 e. The molecule has 5 nitrogen and oxygen atoms in total. The number of hydrogen-bond donors (Lipinski definition) is 3. The number of rotatable bonds is 7. The van der Waals surface area contributed by atoms with Crippen LogP contribution < -0.4 is 16.8 Å². The minimum Gasteiger partial charge on any atom is -0.391 e. The normalized spacial score (nSPS) is 21.4. The Kier molecular flexibility index (Phi) is 6.36. The first kappa shape index (κ1) is 17.8. The van der Waals surface area contributed by atoms with E-state index in [1.54, 1.807) is 6.20 Å². The second-order valence-electron chi connectivity index (χ2n) is 6.99. The van der Waals surface area contributed by atoms with Crippen LogP contribution in [0.3, 0.4) is 0 Å². The van der Waals surface area contributed by atoms with Gasteiger partial charge in [-0.25, -0.2) is 4.98 Å². The smallest absolute Gasteiger partial charge is 0.0894 e.